The molecule has 0 amide bonds. The van der Waals surface area contributed by atoms with Crippen LogP contribution < -0.4 is 10.9 Å². The van der Waals surface area contributed by atoms with Crippen LogP contribution in [0.5, 0.6) is 0 Å². The van der Waals surface area contributed by atoms with E-state index in [2.05, 4.69) is 12.2 Å². The maximum Gasteiger partial charge on any atom is 0.257 e. The Balaban J connectivity index is 2.07. The van der Waals surface area contributed by atoms with Gasteiger partial charge in [0.2, 0.25) is 0 Å². The molecule has 0 radical (unpaired) electrons. The molecule has 1 aliphatic rings. The minimum Gasteiger partial charge on any atom is -0.380 e. The van der Waals surface area contributed by atoms with Crippen molar-refractivity contribution >= 4 is 17.2 Å². The number of fused-ring (bicyclic) bond motifs is 4. The van der Waals surface area contributed by atoms with E-state index in [1.54, 1.807) is 18.6 Å². The minimum absolute atomic E-state index is 0.0374. The second-order valence-corrected chi connectivity index (χ2v) is 9.04. The summed E-state index contributed by atoms with van der Waals surface area (Å²) in [7, 11) is 3.47. The average Bonchev–Trinajstić information content (AvgIpc) is 3.19. The first-order valence-corrected chi connectivity index (χ1v) is 11.9. The van der Waals surface area contributed by atoms with Crippen LogP contribution in [0.4, 0.5) is 4.39 Å². The Labute approximate surface area is 199 Å². The van der Waals surface area contributed by atoms with Crippen molar-refractivity contribution in [2.24, 2.45) is 0 Å². The number of ether oxygens (including phenoxy) is 1. The molecular formula is C27H32FN3O3. The Morgan fingerprint density at radius 3 is 2.68 bits per heavy atom. The quantitative estimate of drug-likeness (QED) is 0.361. The lowest BCUT2D eigenvalue weighted by atomic mass is 9.91. The number of hydrogen-bond acceptors (Lipinski definition) is 5. The monoisotopic (exact) mass is 465 g/mol. The van der Waals surface area contributed by atoms with Crippen molar-refractivity contribution in [3.8, 4) is 11.4 Å². The van der Waals surface area contributed by atoms with Gasteiger partial charge in [-0.2, -0.15) is 0 Å². The summed E-state index contributed by atoms with van der Waals surface area (Å²) in [5.41, 5.74) is 5.55. The van der Waals surface area contributed by atoms with E-state index in [1.165, 1.54) is 6.07 Å². The predicted molar refractivity (Wildman–Crippen MR) is 132 cm³/mol. The van der Waals surface area contributed by atoms with Gasteiger partial charge in [0, 0.05) is 41.6 Å². The third kappa shape index (κ3) is 3.87. The van der Waals surface area contributed by atoms with E-state index in [1.807, 2.05) is 26.1 Å². The maximum atomic E-state index is 14.6. The number of pyridine rings is 2. The van der Waals surface area contributed by atoms with Gasteiger partial charge in [0.25, 0.3) is 5.56 Å². The van der Waals surface area contributed by atoms with E-state index >= 15 is 0 Å². The molecular weight excluding hydrogens is 433 g/mol. The number of benzene rings is 1. The predicted octanol–water partition coefficient (Wildman–Crippen LogP) is 4.77. The third-order valence-electron chi connectivity index (χ3n) is 6.97. The fraction of sp³-hybridized carbons (Fsp3) is 0.444. The second kappa shape index (κ2) is 9.76. The molecule has 180 valence electrons. The summed E-state index contributed by atoms with van der Waals surface area (Å²) >= 11 is 0. The van der Waals surface area contributed by atoms with E-state index < -0.39 is 5.92 Å². The number of hydrogen-bond donors (Lipinski definition) is 1. The standard InChI is InChI=1S/C27H32FN3O3/c1-6-8-22(29-4)25-18-9-15(3)21(28)11-23(18)30-26-19(25)12-31-24(26)10-17(16(7-2)13-32)20(14-34-5)27(31)33/h9-11,13,16,22,29H,6-8,12,14H2,1-5H3. The van der Waals surface area contributed by atoms with Gasteiger partial charge in [0.05, 0.1) is 30.1 Å². The first kappa shape index (κ1) is 24.2. The molecule has 2 aromatic heterocycles. The van der Waals surface area contributed by atoms with Gasteiger partial charge in [-0.15, -0.1) is 0 Å². The average molecular weight is 466 g/mol. The zero-order chi connectivity index (χ0) is 24.6. The van der Waals surface area contributed by atoms with Crippen LogP contribution in [0.3, 0.4) is 0 Å². The number of nitrogens with one attached hydrogen (secondary N) is 1. The highest BCUT2D eigenvalue weighted by atomic mass is 19.1. The van der Waals surface area contributed by atoms with Crippen molar-refractivity contribution in [3.63, 3.8) is 0 Å². The van der Waals surface area contributed by atoms with Gasteiger partial charge in [-0.3, -0.25) is 4.79 Å². The molecule has 1 aliphatic heterocycles. The molecule has 0 fully saturated rings. The van der Waals surface area contributed by atoms with Crippen LogP contribution in [0, 0.1) is 12.7 Å². The zero-order valence-electron chi connectivity index (χ0n) is 20.5. The third-order valence-corrected chi connectivity index (χ3v) is 6.97. The lowest BCUT2D eigenvalue weighted by Crippen LogP contribution is -2.26. The summed E-state index contributed by atoms with van der Waals surface area (Å²) in [5, 5.41) is 4.33. The first-order chi connectivity index (χ1) is 16.4. The summed E-state index contributed by atoms with van der Waals surface area (Å²) < 4.78 is 21.6. The highest BCUT2D eigenvalue weighted by molar-refractivity contribution is 5.89. The number of aryl methyl sites for hydroxylation is 1. The molecule has 7 heteroatoms. The van der Waals surface area contributed by atoms with Gasteiger partial charge in [0.1, 0.15) is 12.1 Å². The molecule has 4 rings (SSSR count). The summed E-state index contributed by atoms with van der Waals surface area (Å²) in [6.45, 7) is 6.33. The largest absolute Gasteiger partial charge is 0.380 e. The van der Waals surface area contributed by atoms with E-state index in [4.69, 9.17) is 9.72 Å². The van der Waals surface area contributed by atoms with Crippen molar-refractivity contribution in [2.45, 2.75) is 65.1 Å². The van der Waals surface area contributed by atoms with Crippen molar-refractivity contribution in [1.82, 2.24) is 14.9 Å². The number of carbonyl (C=O) groups excluding carboxylic acids is 1. The number of carbonyl (C=O) groups is 1. The Kier molecular flexibility index (Phi) is 6.96. The molecule has 2 atom stereocenters. The molecule has 34 heavy (non-hydrogen) atoms. The Hall–Kier alpha value is -2.90. The Bertz CT molecular complexity index is 1320. The molecule has 3 aromatic rings. The summed E-state index contributed by atoms with van der Waals surface area (Å²) in [6.07, 6.45) is 3.33. The second-order valence-electron chi connectivity index (χ2n) is 9.04. The van der Waals surface area contributed by atoms with E-state index in [0.717, 1.165) is 35.6 Å². The van der Waals surface area contributed by atoms with Crippen LogP contribution >= 0.6 is 0 Å². The summed E-state index contributed by atoms with van der Waals surface area (Å²) in [4.78, 5) is 30.3. The lowest BCUT2D eigenvalue weighted by Gasteiger charge is -2.21. The van der Waals surface area contributed by atoms with Gasteiger partial charge in [0.15, 0.2) is 0 Å². The topological polar surface area (TPSA) is 73.2 Å². The van der Waals surface area contributed by atoms with Gasteiger partial charge in [-0.05, 0) is 55.6 Å². The van der Waals surface area contributed by atoms with Crippen LogP contribution in [0.25, 0.3) is 22.3 Å². The summed E-state index contributed by atoms with van der Waals surface area (Å²) in [6, 6.07) is 5.29. The number of aldehydes is 1. The van der Waals surface area contributed by atoms with Crippen molar-refractivity contribution in [1.29, 1.82) is 0 Å². The normalized spacial score (nSPS) is 14.2. The smallest absolute Gasteiger partial charge is 0.257 e. The van der Waals surface area contributed by atoms with Gasteiger partial charge >= 0.3 is 0 Å². The number of rotatable bonds is 9. The number of methoxy groups -OCH3 is 1. The van der Waals surface area contributed by atoms with Crippen LogP contribution in [0.15, 0.2) is 23.0 Å². The Morgan fingerprint density at radius 1 is 1.29 bits per heavy atom. The molecule has 2 unspecified atom stereocenters. The van der Waals surface area contributed by atoms with Gasteiger partial charge in [-0.1, -0.05) is 20.3 Å². The maximum absolute atomic E-state index is 14.6. The fourth-order valence-corrected chi connectivity index (χ4v) is 5.18. The van der Waals surface area contributed by atoms with Crippen LogP contribution in [0.1, 0.15) is 72.9 Å². The van der Waals surface area contributed by atoms with E-state index in [-0.39, 0.29) is 24.0 Å². The van der Waals surface area contributed by atoms with Crippen LogP contribution in [-0.2, 0) is 22.7 Å². The molecule has 6 nitrogen and oxygen atoms in total. The zero-order valence-corrected chi connectivity index (χ0v) is 20.5. The number of nitrogens with zero attached hydrogens (tertiary/aromatic N) is 2. The van der Waals surface area contributed by atoms with Crippen LogP contribution in [0.2, 0.25) is 0 Å². The molecule has 0 bridgehead atoms. The summed E-state index contributed by atoms with van der Waals surface area (Å²) in [5.74, 6) is -0.709. The number of halogens is 1. The van der Waals surface area contributed by atoms with Gasteiger partial charge in [-0.25, -0.2) is 9.37 Å². The highest BCUT2D eigenvalue weighted by Gasteiger charge is 2.31. The van der Waals surface area contributed by atoms with Crippen molar-refractivity contribution in [3.05, 3.63) is 62.2 Å². The molecule has 1 N–H and O–H groups in total. The van der Waals surface area contributed by atoms with Crippen molar-refractivity contribution < 1.29 is 13.9 Å². The highest BCUT2D eigenvalue weighted by Crippen LogP contribution is 2.41. The Morgan fingerprint density at radius 2 is 2.06 bits per heavy atom. The molecule has 1 aromatic carbocycles. The fourth-order valence-electron chi connectivity index (χ4n) is 5.18. The first-order valence-electron chi connectivity index (χ1n) is 11.9. The van der Waals surface area contributed by atoms with E-state index in [0.29, 0.717) is 46.6 Å². The molecule has 0 saturated heterocycles. The molecule has 3 heterocycles. The number of aromatic nitrogens is 2. The molecule has 0 aliphatic carbocycles. The van der Waals surface area contributed by atoms with E-state index in [9.17, 15) is 14.0 Å². The molecule has 0 saturated carbocycles. The lowest BCUT2D eigenvalue weighted by molar-refractivity contribution is -0.109. The molecule has 0 spiro atoms. The van der Waals surface area contributed by atoms with Crippen molar-refractivity contribution in [2.75, 3.05) is 14.2 Å². The van der Waals surface area contributed by atoms with Crippen LogP contribution in [-0.4, -0.2) is 30.0 Å². The minimum atomic E-state index is -0.405. The SMILES string of the molecule is CCCC(NC)c1c2c(nc3cc(F)c(C)cc13)-c1cc(C(C=O)CC)c(COC)c(=O)n1C2. The van der Waals surface area contributed by atoms with Gasteiger partial charge < -0.3 is 19.4 Å².